The number of nitrogens with zero attached hydrogens (tertiary/aromatic N) is 2. The summed E-state index contributed by atoms with van der Waals surface area (Å²) in [6.45, 7) is 2.08. The molecule has 3 N–H and O–H groups in total. The maximum Gasteiger partial charge on any atom is 0.222 e. The Balaban J connectivity index is 2.41. The molecule has 12 heavy (non-hydrogen) atoms. The highest BCUT2D eigenvalue weighted by Crippen LogP contribution is 1.99. The first-order valence-electron chi connectivity index (χ1n) is 3.71. The zero-order valence-corrected chi connectivity index (χ0v) is 7.38. The van der Waals surface area contributed by atoms with E-state index in [0.717, 1.165) is 12.2 Å². The van der Waals surface area contributed by atoms with Gasteiger partial charge < -0.3 is 11.1 Å². The number of nitrogens with one attached hydrogen (secondary N) is 1. The topological polar surface area (TPSA) is 63.8 Å². The highest BCUT2D eigenvalue weighted by molar-refractivity contribution is 6.28. The summed E-state index contributed by atoms with van der Waals surface area (Å²) in [5.41, 5.74) is 6.18. The molecule has 1 heterocycles. The third-order valence-electron chi connectivity index (χ3n) is 1.31. The highest BCUT2D eigenvalue weighted by Gasteiger charge is 1.94. The fraction of sp³-hybridized carbons (Fsp3) is 0.429. The van der Waals surface area contributed by atoms with Crippen molar-refractivity contribution in [2.45, 2.75) is 6.54 Å². The van der Waals surface area contributed by atoms with Crippen LogP contribution in [0.25, 0.3) is 0 Å². The lowest BCUT2D eigenvalue weighted by Gasteiger charge is -2.01. The molecular weight excluding hydrogens is 176 g/mol. The van der Waals surface area contributed by atoms with Crippen molar-refractivity contribution in [1.82, 2.24) is 15.3 Å². The number of rotatable bonds is 4. The van der Waals surface area contributed by atoms with Gasteiger partial charge in [0.25, 0.3) is 0 Å². The van der Waals surface area contributed by atoms with Crippen LogP contribution in [-0.4, -0.2) is 23.1 Å². The van der Waals surface area contributed by atoms with E-state index in [1.54, 1.807) is 6.20 Å². The van der Waals surface area contributed by atoms with Gasteiger partial charge in [-0.3, -0.25) is 0 Å². The summed E-state index contributed by atoms with van der Waals surface area (Å²) in [6, 6.07) is 1.81. The monoisotopic (exact) mass is 186 g/mol. The predicted molar refractivity (Wildman–Crippen MR) is 47.8 cm³/mol. The second-order valence-corrected chi connectivity index (χ2v) is 2.62. The van der Waals surface area contributed by atoms with Gasteiger partial charge in [0, 0.05) is 25.8 Å². The number of hydrogen-bond acceptors (Lipinski definition) is 4. The van der Waals surface area contributed by atoms with E-state index >= 15 is 0 Å². The van der Waals surface area contributed by atoms with E-state index in [9.17, 15) is 0 Å². The first-order chi connectivity index (χ1) is 5.83. The van der Waals surface area contributed by atoms with Crippen LogP contribution in [0.2, 0.25) is 5.28 Å². The van der Waals surface area contributed by atoms with Crippen molar-refractivity contribution >= 4 is 11.6 Å². The largest absolute Gasteiger partial charge is 0.329 e. The molecule has 0 radical (unpaired) electrons. The first-order valence-corrected chi connectivity index (χ1v) is 4.09. The standard InChI is InChI=1S/C7H11ClN4/c8-7-11-3-1-6(12-7)5-10-4-2-9/h1,3,10H,2,4-5,9H2. The summed E-state index contributed by atoms with van der Waals surface area (Å²) in [4.78, 5) is 7.77. The fourth-order valence-corrected chi connectivity index (χ4v) is 0.951. The van der Waals surface area contributed by atoms with Crippen LogP contribution in [0.15, 0.2) is 12.3 Å². The molecule has 0 atom stereocenters. The van der Waals surface area contributed by atoms with Gasteiger partial charge in [0.15, 0.2) is 0 Å². The van der Waals surface area contributed by atoms with Gasteiger partial charge in [-0.1, -0.05) is 0 Å². The lowest BCUT2D eigenvalue weighted by atomic mass is 10.4. The van der Waals surface area contributed by atoms with Gasteiger partial charge in [0.2, 0.25) is 5.28 Å². The van der Waals surface area contributed by atoms with Gasteiger partial charge in [-0.15, -0.1) is 0 Å². The highest BCUT2D eigenvalue weighted by atomic mass is 35.5. The molecular formula is C7H11ClN4. The molecule has 0 aliphatic heterocycles. The van der Waals surface area contributed by atoms with E-state index in [1.807, 2.05) is 6.07 Å². The second kappa shape index (κ2) is 5.03. The molecule has 0 aliphatic carbocycles. The van der Waals surface area contributed by atoms with Gasteiger partial charge in [-0.25, -0.2) is 9.97 Å². The van der Waals surface area contributed by atoms with Crippen molar-refractivity contribution in [2.24, 2.45) is 5.73 Å². The summed E-state index contributed by atoms with van der Waals surface area (Å²) < 4.78 is 0. The van der Waals surface area contributed by atoms with E-state index in [0.29, 0.717) is 13.1 Å². The quantitative estimate of drug-likeness (QED) is 0.520. The average molecular weight is 187 g/mol. The number of hydrogen-bond donors (Lipinski definition) is 2. The van der Waals surface area contributed by atoms with Crippen LogP contribution in [-0.2, 0) is 6.54 Å². The Morgan fingerprint density at radius 1 is 1.58 bits per heavy atom. The molecule has 4 nitrogen and oxygen atoms in total. The molecule has 0 saturated heterocycles. The molecule has 5 heteroatoms. The van der Waals surface area contributed by atoms with Gasteiger partial charge in [0.05, 0.1) is 5.69 Å². The molecule has 0 saturated carbocycles. The number of halogens is 1. The maximum absolute atomic E-state index is 5.58. The molecule has 1 aromatic heterocycles. The minimum Gasteiger partial charge on any atom is -0.329 e. The summed E-state index contributed by atoms with van der Waals surface area (Å²) in [5, 5.41) is 3.38. The van der Waals surface area contributed by atoms with Crippen molar-refractivity contribution < 1.29 is 0 Å². The third-order valence-corrected chi connectivity index (χ3v) is 1.49. The van der Waals surface area contributed by atoms with E-state index in [-0.39, 0.29) is 5.28 Å². The number of nitrogens with two attached hydrogens (primary N) is 1. The molecule has 0 unspecified atom stereocenters. The van der Waals surface area contributed by atoms with Crippen molar-refractivity contribution in [3.63, 3.8) is 0 Å². The van der Waals surface area contributed by atoms with Crippen LogP contribution in [0, 0.1) is 0 Å². The van der Waals surface area contributed by atoms with Crippen molar-refractivity contribution in [2.75, 3.05) is 13.1 Å². The lowest BCUT2D eigenvalue weighted by molar-refractivity contribution is 0.680. The molecule has 0 aliphatic rings. The van der Waals surface area contributed by atoms with Crippen LogP contribution in [0.4, 0.5) is 0 Å². The maximum atomic E-state index is 5.58. The Morgan fingerprint density at radius 2 is 2.42 bits per heavy atom. The van der Waals surface area contributed by atoms with Gasteiger partial charge >= 0.3 is 0 Å². The number of aromatic nitrogens is 2. The third kappa shape index (κ3) is 3.13. The minimum absolute atomic E-state index is 0.280. The molecule has 66 valence electrons. The van der Waals surface area contributed by atoms with Crippen molar-refractivity contribution in [3.8, 4) is 0 Å². The average Bonchev–Trinajstić information content (AvgIpc) is 2.05. The zero-order valence-electron chi connectivity index (χ0n) is 6.63. The Hall–Kier alpha value is -0.710. The molecule has 1 aromatic rings. The molecule has 0 fully saturated rings. The van der Waals surface area contributed by atoms with Crippen LogP contribution in [0.3, 0.4) is 0 Å². The van der Waals surface area contributed by atoms with E-state index < -0.39 is 0 Å². The van der Waals surface area contributed by atoms with Crippen LogP contribution >= 0.6 is 11.6 Å². The van der Waals surface area contributed by atoms with Gasteiger partial charge in [-0.2, -0.15) is 0 Å². The van der Waals surface area contributed by atoms with Gasteiger partial charge in [-0.05, 0) is 17.7 Å². The zero-order chi connectivity index (χ0) is 8.81. The van der Waals surface area contributed by atoms with Crippen LogP contribution in [0.1, 0.15) is 5.69 Å². The molecule has 0 bridgehead atoms. The van der Waals surface area contributed by atoms with Crippen LogP contribution < -0.4 is 11.1 Å². The minimum atomic E-state index is 0.280. The van der Waals surface area contributed by atoms with E-state index in [2.05, 4.69) is 15.3 Å². The van der Waals surface area contributed by atoms with Crippen molar-refractivity contribution in [3.05, 3.63) is 23.2 Å². The van der Waals surface area contributed by atoms with E-state index in [1.165, 1.54) is 0 Å². The summed E-state index contributed by atoms with van der Waals surface area (Å²) >= 11 is 5.58. The van der Waals surface area contributed by atoms with Gasteiger partial charge in [0.1, 0.15) is 0 Å². The normalized spacial score (nSPS) is 10.2. The van der Waals surface area contributed by atoms with Crippen LogP contribution in [0.5, 0.6) is 0 Å². The Kier molecular flexibility index (Phi) is 3.93. The summed E-state index contributed by atoms with van der Waals surface area (Å²) in [6.07, 6.45) is 1.63. The lowest BCUT2D eigenvalue weighted by Crippen LogP contribution is -2.22. The first kappa shape index (κ1) is 9.38. The molecule has 0 amide bonds. The Morgan fingerprint density at radius 3 is 3.08 bits per heavy atom. The Bertz CT molecular complexity index is 241. The fourth-order valence-electron chi connectivity index (χ4n) is 0.786. The predicted octanol–water partition coefficient (Wildman–Crippen LogP) is 0.178. The molecule has 0 spiro atoms. The summed E-state index contributed by atoms with van der Waals surface area (Å²) in [7, 11) is 0. The smallest absolute Gasteiger partial charge is 0.222 e. The van der Waals surface area contributed by atoms with Crippen molar-refractivity contribution in [1.29, 1.82) is 0 Å². The Labute approximate surface area is 76.2 Å². The van der Waals surface area contributed by atoms with E-state index in [4.69, 9.17) is 17.3 Å². The summed E-state index contributed by atoms with van der Waals surface area (Å²) in [5.74, 6) is 0. The molecule has 1 rings (SSSR count). The SMILES string of the molecule is NCCNCc1ccnc(Cl)n1. The second-order valence-electron chi connectivity index (χ2n) is 2.28. The molecule has 0 aromatic carbocycles.